The second-order valence-corrected chi connectivity index (χ2v) is 2.58. The summed E-state index contributed by atoms with van der Waals surface area (Å²) < 4.78 is 0. The number of nitrogens with two attached hydrogens (primary N) is 1. The lowest BCUT2D eigenvalue weighted by Crippen LogP contribution is -2.06. The minimum Gasteiger partial charge on any atom is -0.397 e. The number of halogens is 1. The Morgan fingerprint density at radius 3 is 2.60 bits per heavy atom. The molecule has 0 unspecified atom stereocenters. The number of carbonyl (C=O) groups is 1. The normalized spacial score (nSPS) is 8.47. The van der Waals surface area contributed by atoms with Gasteiger partial charge in [-0.1, -0.05) is 6.07 Å². The van der Waals surface area contributed by atoms with Crippen LogP contribution in [0.5, 0.6) is 0 Å². The Bertz CT molecular complexity index is 353. The minimum atomic E-state index is -0.157. The van der Waals surface area contributed by atoms with E-state index in [1.54, 1.807) is 18.2 Å². The van der Waals surface area contributed by atoms with E-state index in [9.17, 15) is 4.79 Å². The maximum atomic E-state index is 10.8. The van der Waals surface area contributed by atoms with Crippen molar-refractivity contribution in [3.05, 3.63) is 18.2 Å². The zero-order valence-electron chi connectivity index (χ0n) is 8.75. The lowest BCUT2D eigenvalue weighted by atomic mass is 10.2. The van der Waals surface area contributed by atoms with Gasteiger partial charge in [-0.15, -0.1) is 11.6 Å². The fourth-order valence-corrected chi connectivity index (χ4v) is 1.03. The molecule has 0 radical (unpaired) electrons. The van der Waals surface area contributed by atoms with Gasteiger partial charge < -0.3 is 11.1 Å². The summed E-state index contributed by atoms with van der Waals surface area (Å²) in [6, 6.07) is 5.17. The predicted molar refractivity (Wildman–Crippen MR) is 66.1 cm³/mol. The molecule has 15 heavy (non-hydrogen) atoms. The molecule has 0 saturated heterocycles. The summed E-state index contributed by atoms with van der Waals surface area (Å²) in [4.78, 5) is 14.5. The summed E-state index contributed by atoms with van der Waals surface area (Å²) in [6.45, 7) is 4.81. The number of hydrogen-bond donors (Lipinski definition) is 2. The molecule has 1 aromatic carbocycles. The van der Waals surface area contributed by atoms with Crippen molar-refractivity contribution in [2.45, 2.75) is 6.92 Å². The topological polar surface area (TPSA) is 67.5 Å². The van der Waals surface area contributed by atoms with Crippen LogP contribution in [0.25, 0.3) is 0 Å². The number of para-hydroxylation sites is 1. The third-order valence-electron chi connectivity index (χ3n) is 1.54. The Balaban J connectivity index is 0.000000921. The molecular weight excluding hydrogens is 214 g/mol. The molecule has 0 fully saturated rings. The Morgan fingerprint density at radius 2 is 2.13 bits per heavy atom. The molecule has 1 aromatic rings. The van der Waals surface area contributed by atoms with Crippen molar-refractivity contribution in [3.8, 4) is 0 Å². The first kappa shape index (κ1) is 13.4. The Labute approximate surface area is 94.1 Å². The second-order valence-electron chi connectivity index (χ2n) is 2.58. The highest BCUT2D eigenvalue weighted by Crippen LogP contribution is 2.30. The standard InChI is InChI=1S/C9H11N3O.CH3Cl/c1-6(13)12-8-5-3-4-7(10)9(8)11-2;1-2/h3-5H,2,10H2,1H3,(H,12,13);1H3. The zero-order chi connectivity index (χ0) is 11.8. The molecule has 0 aliphatic rings. The van der Waals surface area contributed by atoms with Gasteiger partial charge in [0.1, 0.15) is 5.69 Å². The SMILES string of the molecule is C=Nc1c(N)cccc1NC(C)=O.CCl. The Morgan fingerprint density at radius 1 is 1.53 bits per heavy atom. The summed E-state index contributed by atoms with van der Waals surface area (Å²) in [6.07, 6.45) is 1.47. The predicted octanol–water partition coefficient (Wildman–Crippen LogP) is 2.41. The molecule has 4 nitrogen and oxygen atoms in total. The lowest BCUT2D eigenvalue weighted by Gasteiger charge is -2.07. The summed E-state index contributed by atoms with van der Waals surface area (Å²) in [7, 11) is 0. The quantitative estimate of drug-likeness (QED) is 0.463. The van der Waals surface area contributed by atoms with Crippen molar-refractivity contribution in [1.29, 1.82) is 0 Å². The number of nitrogen functional groups attached to an aromatic ring is 1. The van der Waals surface area contributed by atoms with Crippen molar-refractivity contribution in [2.24, 2.45) is 4.99 Å². The van der Waals surface area contributed by atoms with E-state index in [1.807, 2.05) is 0 Å². The lowest BCUT2D eigenvalue weighted by molar-refractivity contribution is -0.114. The molecule has 5 heteroatoms. The largest absolute Gasteiger partial charge is 0.397 e. The van der Waals surface area contributed by atoms with Gasteiger partial charge in [0.2, 0.25) is 5.91 Å². The van der Waals surface area contributed by atoms with Gasteiger partial charge in [0.15, 0.2) is 0 Å². The maximum absolute atomic E-state index is 10.8. The van der Waals surface area contributed by atoms with Gasteiger partial charge in [-0.3, -0.25) is 9.79 Å². The average Bonchev–Trinajstić information content (AvgIpc) is 2.20. The molecule has 0 heterocycles. The minimum absolute atomic E-state index is 0.157. The Hall–Kier alpha value is -1.55. The molecule has 82 valence electrons. The molecule has 1 rings (SSSR count). The number of nitrogens with zero attached hydrogens (tertiary/aromatic N) is 1. The highest BCUT2D eigenvalue weighted by Gasteiger charge is 2.04. The van der Waals surface area contributed by atoms with Crippen molar-refractivity contribution in [2.75, 3.05) is 17.4 Å². The van der Waals surface area contributed by atoms with E-state index >= 15 is 0 Å². The first-order chi connectivity index (χ1) is 7.15. The number of rotatable bonds is 2. The monoisotopic (exact) mass is 227 g/mol. The molecular formula is C10H14ClN3O. The Kier molecular flexibility index (Phi) is 6.13. The second kappa shape index (κ2) is 6.84. The van der Waals surface area contributed by atoms with Gasteiger partial charge in [0.05, 0.1) is 11.4 Å². The van der Waals surface area contributed by atoms with Crippen LogP contribution in [0.4, 0.5) is 17.1 Å². The first-order valence-electron chi connectivity index (χ1n) is 4.15. The third-order valence-corrected chi connectivity index (χ3v) is 1.54. The van der Waals surface area contributed by atoms with Crippen molar-refractivity contribution < 1.29 is 4.79 Å². The van der Waals surface area contributed by atoms with Gasteiger partial charge in [0, 0.05) is 13.3 Å². The number of aliphatic imine (C=N–C) groups is 1. The van der Waals surface area contributed by atoms with E-state index < -0.39 is 0 Å². The fourth-order valence-electron chi connectivity index (χ4n) is 1.03. The number of benzene rings is 1. The van der Waals surface area contributed by atoms with E-state index in [0.717, 1.165) is 0 Å². The van der Waals surface area contributed by atoms with Crippen LogP contribution in [0, 0.1) is 0 Å². The van der Waals surface area contributed by atoms with E-state index in [-0.39, 0.29) is 5.91 Å². The summed E-state index contributed by atoms with van der Waals surface area (Å²) in [5.41, 5.74) is 7.22. The van der Waals surface area contributed by atoms with Crippen LogP contribution in [0.3, 0.4) is 0 Å². The average molecular weight is 228 g/mol. The third kappa shape index (κ3) is 3.99. The number of carbonyl (C=O) groups excluding carboxylic acids is 1. The number of hydrogen-bond acceptors (Lipinski definition) is 3. The van der Waals surface area contributed by atoms with Crippen molar-refractivity contribution in [1.82, 2.24) is 0 Å². The maximum Gasteiger partial charge on any atom is 0.221 e. The molecule has 3 N–H and O–H groups in total. The molecule has 0 spiro atoms. The van der Waals surface area contributed by atoms with E-state index in [0.29, 0.717) is 17.1 Å². The molecule has 0 bridgehead atoms. The zero-order valence-corrected chi connectivity index (χ0v) is 9.51. The number of anilines is 2. The first-order valence-corrected chi connectivity index (χ1v) is 4.91. The summed E-state index contributed by atoms with van der Waals surface area (Å²) in [5.74, 6) is -0.157. The van der Waals surface area contributed by atoms with Crippen LogP contribution in [0.1, 0.15) is 6.92 Å². The van der Waals surface area contributed by atoms with E-state index in [4.69, 9.17) is 5.73 Å². The number of alkyl halides is 1. The van der Waals surface area contributed by atoms with E-state index in [1.165, 1.54) is 13.3 Å². The van der Waals surface area contributed by atoms with Gasteiger partial charge in [-0.25, -0.2) is 0 Å². The van der Waals surface area contributed by atoms with Gasteiger partial charge in [-0.05, 0) is 18.9 Å². The van der Waals surface area contributed by atoms with Gasteiger partial charge >= 0.3 is 0 Å². The summed E-state index contributed by atoms with van der Waals surface area (Å²) in [5, 5.41) is 2.61. The van der Waals surface area contributed by atoms with Crippen LogP contribution in [-0.4, -0.2) is 19.0 Å². The van der Waals surface area contributed by atoms with Gasteiger partial charge in [-0.2, -0.15) is 0 Å². The van der Waals surface area contributed by atoms with Crippen LogP contribution >= 0.6 is 11.6 Å². The number of amides is 1. The van der Waals surface area contributed by atoms with Crippen LogP contribution in [-0.2, 0) is 4.79 Å². The molecule has 0 atom stereocenters. The van der Waals surface area contributed by atoms with Crippen molar-refractivity contribution >= 4 is 41.3 Å². The molecule has 1 amide bonds. The molecule has 0 saturated carbocycles. The van der Waals surface area contributed by atoms with Crippen LogP contribution in [0.2, 0.25) is 0 Å². The van der Waals surface area contributed by atoms with Crippen molar-refractivity contribution in [3.63, 3.8) is 0 Å². The fraction of sp³-hybridized carbons (Fsp3) is 0.200. The highest BCUT2D eigenvalue weighted by atomic mass is 35.5. The highest BCUT2D eigenvalue weighted by molar-refractivity contribution is 6.15. The molecule has 0 aliphatic heterocycles. The molecule has 0 aliphatic carbocycles. The number of nitrogens with one attached hydrogen (secondary N) is 1. The van der Waals surface area contributed by atoms with E-state index in [2.05, 4.69) is 28.6 Å². The summed E-state index contributed by atoms with van der Waals surface area (Å²) >= 11 is 4.64. The molecule has 0 aromatic heterocycles. The van der Waals surface area contributed by atoms with Gasteiger partial charge in [0.25, 0.3) is 0 Å². The smallest absolute Gasteiger partial charge is 0.221 e. The van der Waals surface area contributed by atoms with Crippen LogP contribution in [0.15, 0.2) is 23.2 Å². The van der Waals surface area contributed by atoms with Crippen LogP contribution < -0.4 is 11.1 Å².